The minimum Gasteiger partial charge on any atom is -0.354 e. The zero-order chi connectivity index (χ0) is 13.7. The van der Waals surface area contributed by atoms with Gasteiger partial charge in [-0.15, -0.1) is 0 Å². The van der Waals surface area contributed by atoms with Crippen LogP contribution in [0.2, 0.25) is 0 Å². The van der Waals surface area contributed by atoms with Crippen molar-refractivity contribution in [1.29, 1.82) is 0 Å². The van der Waals surface area contributed by atoms with Crippen molar-refractivity contribution in [3.63, 3.8) is 0 Å². The summed E-state index contributed by atoms with van der Waals surface area (Å²) in [4.78, 5) is 13.7. The number of likely N-dealkylation sites (tertiary alicyclic amines) is 1. The van der Waals surface area contributed by atoms with Crippen molar-refractivity contribution in [3.8, 4) is 0 Å². The maximum absolute atomic E-state index is 11.1. The maximum Gasteiger partial charge on any atom is 0.217 e. The van der Waals surface area contributed by atoms with Gasteiger partial charge < -0.3 is 15.5 Å². The second kappa shape index (κ2) is 7.25. The molecule has 0 bridgehead atoms. The van der Waals surface area contributed by atoms with E-state index in [-0.39, 0.29) is 5.91 Å². The van der Waals surface area contributed by atoms with Gasteiger partial charge in [-0.05, 0) is 70.6 Å². The molecule has 110 valence electrons. The van der Waals surface area contributed by atoms with Gasteiger partial charge in [0.1, 0.15) is 0 Å². The summed E-state index contributed by atoms with van der Waals surface area (Å²) in [5.41, 5.74) is 0. The molecule has 0 saturated carbocycles. The Hall–Kier alpha value is -0.610. The highest BCUT2D eigenvalue weighted by molar-refractivity contribution is 5.73. The molecule has 2 aliphatic rings. The lowest BCUT2D eigenvalue weighted by Crippen LogP contribution is -2.45. The van der Waals surface area contributed by atoms with E-state index >= 15 is 0 Å². The quantitative estimate of drug-likeness (QED) is 0.805. The van der Waals surface area contributed by atoms with Crippen molar-refractivity contribution in [3.05, 3.63) is 0 Å². The van der Waals surface area contributed by atoms with Crippen LogP contribution in [0.4, 0.5) is 0 Å². The summed E-state index contributed by atoms with van der Waals surface area (Å²) in [6.07, 6.45) is 5.17. The summed E-state index contributed by atoms with van der Waals surface area (Å²) >= 11 is 0. The molecule has 19 heavy (non-hydrogen) atoms. The van der Waals surface area contributed by atoms with Gasteiger partial charge >= 0.3 is 0 Å². The number of amides is 1. The van der Waals surface area contributed by atoms with Crippen LogP contribution in [-0.4, -0.2) is 49.6 Å². The number of carbonyl (C=O) groups is 1. The van der Waals surface area contributed by atoms with E-state index in [1.54, 1.807) is 6.92 Å². The van der Waals surface area contributed by atoms with Crippen molar-refractivity contribution in [1.82, 2.24) is 15.5 Å². The van der Waals surface area contributed by atoms with Gasteiger partial charge in [0.25, 0.3) is 0 Å². The third-order valence-corrected chi connectivity index (χ3v) is 4.69. The molecule has 0 aromatic carbocycles. The topological polar surface area (TPSA) is 44.4 Å². The molecule has 2 heterocycles. The standard InChI is InChI=1S/C15H29N3O/c1-12(17-13(2)19)15-5-8-18(9-6-15)11-14-4-3-7-16-10-14/h12,14-16H,3-11H2,1-2H3,(H,17,19). The molecule has 4 heteroatoms. The highest BCUT2D eigenvalue weighted by Crippen LogP contribution is 2.22. The molecular weight excluding hydrogens is 238 g/mol. The number of nitrogens with zero attached hydrogens (tertiary/aromatic N) is 1. The lowest BCUT2D eigenvalue weighted by molar-refractivity contribution is -0.120. The number of nitrogens with one attached hydrogen (secondary N) is 2. The summed E-state index contributed by atoms with van der Waals surface area (Å²) in [7, 11) is 0. The fourth-order valence-electron chi connectivity index (χ4n) is 3.52. The number of piperidine rings is 2. The fraction of sp³-hybridized carbons (Fsp3) is 0.933. The molecule has 2 aliphatic heterocycles. The molecule has 2 N–H and O–H groups in total. The molecule has 2 atom stereocenters. The Morgan fingerprint density at radius 2 is 2.11 bits per heavy atom. The lowest BCUT2D eigenvalue weighted by Gasteiger charge is -2.37. The van der Waals surface area contributed by atoms with E-state index in [9.17, 15) is 4.79 Å². The van der Waals surface area contributed by atoms with Crippen LogP contribution in [0, 0.1) is 11.8 Å². The van der Waals surface area contributed by atoms with Crippen molar-refractivity contribution in [2.24, 2.45) is 11.8 Å². The monoisotopic (exact) mass is 267 g/mol. The van der Waals surface area contributed by atoms with E-state index in [1.165, 1.54) is 58.4 Å². The highest BCUT2D eigenvalue weighted by Gasteiger charge is 2.26. The highest BCUT2D eigenvalue weighted by atomic mass is 16.1. The Kier molecular flexibility index (Phi) is 5.64. The Morgan fingerprint density at radius 1 is 1.37 bits per heavy atom. The molecule has 0 radical (unpaired) electrons. The van der Waals surface area contributed by atoms with Gasteiger partial charge in [0, 0.05) is 19.5 Å². The van der Waals surface area contributed by atoms with Crippen LogP contribution in [-0.2, 0) is 4.79 Å². The van der Waals surface area contributed by atoms with Gasteiger partial charge in [-0.25, -0.2) is 0 Å². The van der Waals surface area contributed by atoms with Crippen LogP contribution in [0.3, 0.4) is 0 Å². The molecule has 0 spiro atoms. The van der Waals surface area contributed by atoms with Gasteiger partial charge in [-0.2, -0.15) is 0 Å². The minimum atomic E-state index is 0.100. The second-order valence-corrected chi connectivity index (χ2v) is 6.34. The van der Waals surface area contributed by atoms with E-state index in [0.717, 1.165) is 5.92 Å². The third kappa shape index (κ3) is 4.77. The molecule has 4 nitrogen and oxygen atoms in total. The molecule has 2 fully saturated rings. The Bertz CT molecular complexity index is 281. The molecule has 0 aliphatic carbocycles. The summed E-state index contributed by atoms with van der Waals surface area (Å²) in [5.74, 6) is 1.60. The van der Waals surface area contributed by atoms with Gasteiger partial charge in [-0.1, -0.05) is 0 Å². The summed E-state index contributed by atoms with van der Waals surface area (Å²) in [6, 6.07) is 0.330. The first-order valence-corrected chi connectivity index (χ1v) is 7.85. The number of hydrogen-bond acceptors (Lipinski definition) is 3. The Balaban J connectivity index is 1.68. The molecule has 0 aromatic heterocycles. The van der Waals surface area contributed by atoms with E-state index in [2.05, 4.69) is 22.5 Å². The van der Waals surface area contributed by atoms with E-state index < -0.39 is 0 Å². The van der Waals surface area contributed by atoms with Crippen molar-refractivity contribution < 1.29 is 4.79 Å². The average molecular weight is 267 g/mol. The first-order valence-electron chi connectivity index (χ1n) is 7.85. The second-order valence-electron chi connectivity index (χ2n) is 6.34. The van der Waals surface area contributed by atoms with Crippen LogP contribution in [0.5, 0.6) is 0 Å². The fourth-order valence-corrected chi connectivity index (χ4v) is 3.52. The SMILES string of the molecule is CC(=O)NC(C)C1CCN(CC2CCCNC2)CC1. The van der Waals surface area contributed by atoms with Crippen LogP contribution < -0.4 is 10.6 Å². The lowest BCUT2D eigenvalue weighted by atomic mass is 9.89. The largest absolute Gasteiger partial charge is 0.354 e. The summed E-state index contributed by atoms with van der Waals surface area (Å²) < 4.78 is 0. The smallest absolute Gasteiger partial charge is 0.217 e. The van der Waals surface area contributed by atoms with E-state index in [0.29, 0.717) is 12.0 Å². The average Bonchev–Trinajstić information content (AvgIpc) is 2.40. The van der Waals surface area contributed by atoms with Crippen LogP contribution in [0.1, 0.15) is 39.5 Å². The number of hydrogen-bond donors (Lipinski definition) is 2. The molecular formula is C15H29N3O. The molecule has 1 amide bonds. The van der Waals surface area contributed by atoms with Gasteiger partial charge in [0.2, 0.25) is 5.91 Å². The zero-order valence-electron chi connectivity index (χ0n) is 12.5. The molecule has 0 aromatic rings. The first-order chi connectivity index (χ1) is 9.15. The van der Waals surface area contributed by atoms with Crippen molar-refractivity contribution >= 4 is 5.91 Å². The third-order valence-electron chi connectivity index (χ3n) is 4.69. The van der Waals surface area contributed by atoms with Gasteiger partial charge in [0.05, 0.1) is 0 Å². The minimum absolute atomic E-state index is 0.100. The van der Waals surface area contributed by atoms with Crippen LogP contribution in [0.25, 0.3) is 0 Å². The van der Waals surface area contributed by atoms with Gasteiger partial charge in [-0.3, -0.25) is 4.79 Å². The maximum atomic E-state index is 11.1. The Morgan fingerprint density at radius 3 is 2.68 bits per heavy atom. The van der Waals surface area contributed by atoms with E-state index in [1.807, 2.05) is 0 Å². The van der Waals surface area contributed by atoms with Crippen molar-refractivity contribution in [2.75, 3.05) is 32.7 Å². The molecule has 2 unspecified atom stereocenters. The van der Waals surface area contributed by atoms with Crippen LogP contribution >= 0.6 is 0 Å². The van der Waals surface area contributed by atoms with E-state index in [4.69, 9.17) is 0 Å². The Labute approximate surface area is 117 Å². The molecule has 2 saturated heterocycles. The number of carbonyl (C=O) groups excluding carboxylic acids is 1. The molecule has 2 rings (SSSR count). The first kappa shape index (κ1) is 14.8. The van der Waals surface area contributed by atoms with Gasteiger partial charge in [0.15, 0.2) is 0 Å². The predicted molar refractivity (Wildman–Crippen MR) is 78.0 cm³/mol. The van der Waals surface area contributed by atoms with Crippen molar-refractivity contribution in [2.45, 2.75) is 45.6 Å². The normalized spacial score (nSPS) is 28.0. The summed E-state index contributed by atoms with van der Waals surface area (Å²) in [5, 5.41) is 6.54. The predicted octanol–water partition coefficient (Wildman–Crippen LogP) is 1.22. The number of rotatable bonds is 4. The summed E-state index contributed by atoms with van der Waals surface area (Å²) in [6.45, 7) is 9.81. The van der Waals surface area contributed by atoms with Crippen LogP contribution in [0.15, 0.2) is 0 Å². The zero-order valence-corrected chi connectivity index (χ0v) is 12.5.